The van der Waals surface area contributed by atoms with Gasteiger partial charge in [-0.1, -0.05) is 60.7 Å². The zero-order chi connectivity index (χ0) is 15.8. The van der Waals surface area contributed by atoms with E-state index in [1.54, 1.807) is 0 Å². The number of nitrogens with two attached hydrogens (primary N) is 1. The molecule has 1 amide bonds. The van der Waals surface area contributed by atoms with Crippen molar-refractivity contribution in [3.05, 3.63) is 89.1 Å². The summed E-state index contributed by atoms with van der Waals surface area (Å²) in [6, 6.07) is 18.0. The van der Waals surface area contributed by atoms with Crippen LogP contribution < -0.4 is 5.73 Å². The smallest absolute Gasteiger partial charge is 0.251 e. The number of primary amides is 1. The third-order valence-electron chi connectivity index (χ3n) is 4.27. The van der Waals surface area contributed by atoms with Crippen LogP contribution >= 0.6 is 0 Å². The fourth-order valence-electron chi connectivity index (χ4n) is 3.24. The Morgan fingerprint density at radius 1 is 1.00 bits per heavy atom. The van der Waals surface area contributed by atoms with E-state index >= 15 is 0 Å². The van der Waals surface area contributed by atoms with E-state index in [4.69, 9.17) is 5.73 Å². The van der Waals surface area contributed by atoms with Gasteiger partial charge < -0.3 is 10.6 Å². The van der Waals surface area contributed by atoms with Crippen molar-refractivity contribution in [1.82, 2.24) is 4.90 Å². The Morgan fingerprint density at radius 2 is 1.74 bits per heavy atom. The van der Waals surface area contributed by atoms with Gasteiger partial charge in [0.15, 0.2) is 0 Å². The van der Waals surface area contributed by atoms with Crippen LogP contribution in [0.15, 0.2) is 72.4 Å². The molecule has 2 aliphatic heterocycles. The maximum Gasteiger partial charge on any atom is 0.251 e. The molecule has 0 bridgehead atoms. The first-order valence-corrected chi connectivity index (χ1v) is 7.60. The second-order valence-corrected chi connectivity index (χ2v) is 5.63. The average Bonchev–Trinajstić information content (AvgIpc) is 2.61. The first-order valence-electron chi connectivity index (χ1n) is 7.60. The molecule has 0 fully saturated rings. The number of benzene rings is 2. The van der Waals surface area contributed by atoms with Crippen LogP contribution in [0.5, 0.6) is 0 Å². The van der Waals surface area contributed by atoms with Gasteiger partial charge in [-0.25, -0.2) is 0 Å². The van der Waals surface area contributed by atoms with E-state index in [-0.39, 0.29) is 0 Å². The number of rotatable bonds is 2. The van der Waals surface area contributed by atoms with Crippen molar-refractivity contribution in [3.63, 3.8) is 0 Å². The number of amides is 1. The van der Waals surface area contributed by atoms with Gasteiger partial charge in [0, 0.05) is 18.3 Å². The zero-order valence-electron chi connectivity index (χ0n) is 12.6. The SMILES string of the molecule is NC(=O)C1=C2c3ccccc3C=CN2CC=C1c1ccccc1. The largest absolute Gasteiger partial charge is 0.366 e. The first-order chi connectivity index (χ1) is 11.3. The van der Waals surface area contributed by atoms with Crippen molar-refractivity contribution in [3.8, 4) is 0 Å². The highest BCUT2D eigenvalue weighted by molar-refractivity contribution is 6.15. The lowest BCUT2D eigenvalue weighted by atomic mass is 9.87. The molecule has 0 atom stereocenters. The molecule has 0 radical (unpaired) electrons. The molecule has 0 aromatic heterocycles. The van der Waals surface area contributed by atoms with Crippen molar-refractivity contribution in [2.75, 3.05) is 6.54 Å². The van der Waals surface area contributed by atoms with Crippen LogP contribution in [0.2, 0.25) is 0 Å². The minimum Gasteiger partial charge on any atom is -0.366 e. The number of nitrogens with zero attached hydrogens (tertiary/aromatic N) is 1. The van der Waals surface area contributed by atoms with Crippen LogP contribution in [-0.2, 0) is 4.79 Å². The van der Waals surface area contributed by atoms with E-state index in [0.717, 1.165) is 34.5 Å². The molecule has 4 rings (SSSR count). The molecular formula is C20H16N2O. The molecule has 112 valence electrons. The molecule has 0 saturated carbocycles. The zero-order valence-corrected chi connectivity index (χ0v) is 12.6. The average molecular weight is 300 g/mol. The van der Waals surface area contributed by atoms with Crippen molar-refractivity contribution in [2.45, 2.75) is 0 Å². The Bertz CT molecular complexity index is 876. The highest BCUT2D eigenvalue weighted by Crippen LogP contribution is 2.39. The molecule has 23 heavy (non-hydrogen) atoms. The normalized spacial score (nSPS) is 15.8. The van der Waals surface area contributed by atoms with Crippen molar-refractivity contribution >= 4 is 23.3 Å². The highest BCUT2D eigenvalue weighted by Gasteiger charge is 2.29. The van der Waals surface area contributed by atoms with Crippen molar-refractivity contribution in [2.24, 2.45) is 5.73 Å². The quantitative estimate of drug-likeness (QED) is 0.925. The van der Waals surface area contributed by atoms with Crippen LogP contribution in [-0.4, -0.2) is 17.4 Å². The van der Waals surface area contributed by atoms with Crippen molar-refractivity contribution in [1.29, 1.82) is 0 Å². The van der Waals surface area contributed by atoms with Gasteiger partial charge in [0.2, 0.25) is 0 Å². The first kappa shape index (κ1) is 13.6. The van der Waals surface area contributed by atoms with Crippen molar-refractivity contribution < 1.29 is 4.79 Å². The third-order valence-corrected chi connectivity index (χ3v) is 4.27. The predicted molar refractivity (Wildman–Crippen MR) is 92.7 cm³/mol. The van der Waals surface area contributed by atoms with Gasteiger partial charge >= 0.3 is 0 Å². The summed E-state index contributed by atoms with van der Waals surface area (Å²) in [4.78, 5) is 14.4. The number of carbonyl (C=O) groups excluding carboxylic acids is 1. The van der Waals surface area contributed by atoms with Crippen LogP contribution in [0, 0.1) is 0 Å². The maximum atomic E-state index is 12.3. The molecule has 2 aromatic carbocycles. The monoisotopic (exact) mass is 300 g/mol. The Balaban J connectivity index is 1.98. The summed E-state index contributed by atoms with van der Waals surface area (Å²) >= 11 is 0. The highest BCUT2D eigenvalue weighted by atomic mass is 16.1. The Morgan fingerprint density at radius 3 is 2.52 bits per heavy atom. The predicted octanol–water partition coefficient (Wildman–Crippen LogP) is 3.27. The molecule has 3 heteroatoms. The Kier molecular flexibility index (Phi) is 3.12. The Labute approximate surface area is 135 Å². The van der Waals surface area contributed by atoms with Crippen LogP contribution in [0.1, 0.15) is 16.7 Å². The van der Waals surface area contributed by atoms with E-state index in [1.807, 2.05) is 54.7 Å². The molecule has 0 unspecified atom stereocenters. The fourth-order valence-corrected chi connectivity index (χ4v) is 3.24. The third kappa shape index (κ3) is 2.18. The number of hydrogen-bond donors (Lipinski definition) is 1. The second kappa shape index (κ2) is 5.29. The standard InChI is InChI=1S/C20H16N2O/c21-20(23)18-16(14-6-2-1-3-7-14)11-13-22-12-10-15-8-4-5-9-17(15)19(18)22/h1-12H,13H2,(H2,21,23). The number of carbonyl (C=O) groups is 1. The minimum absolute atomic E-state index is 0.398. The molecule has 2 aromatic rings. The van der Waals surface area contributed by atoms with Gasteiger partial charge in [-0.15, -0.1) is 0 Å². The van der Waals surface area contributed by atoms with Gasteiger partial charge in [0.05, 0.1) is 11.3 Å². The molecule has 2 N–H and O–H groups in total. The fraction of sp³-hybridized carbons (Fsp3) is 0.0500. The summed E-state index contributed by atoms with van der Waals surface area (Å²) in [5.41, 5.74) is 11.3. The van der Waals surface area contributed by atoms with Gasteiger partial charge in [-0.2, -0.15) is 0 Å². The molecule has 3 nitrogen and oxygen atoms in total. The lowest BCUT2D eigenvalue weighted by Crippen LogP contribution is -2.29. The lowest BCUT2D eigenvalue weighted by molar-refractivity contribution is -0.114. The summed E-state index contributed by atoms with van der Waals surface area (Å²) in [5, 5.41) is 0. The lowest BCUT2D eigenvalue weighted by Gasteiger charge is -2.33. The molecule has 0 spiro atoms. The number of fused-ring (bicyclic) bond motifs is 3. The van der Waals surface area contributed by atoms with Gasteiger partial charge in [0.1, 0.15) is 0 Å². The molecule has 2 aliphatic rings. The van der Waals surface area contributed by atoms with E-state index < -0.39 is 5.91 Å². The van der Waals surface area contributed by atoms with Crippen LogP contribution in [0.25, 0.3) is 17.3 Å². The van der Waals surface area contributed by atoms with E-state index in [0.29, 0.717) is 5.57 Å². The van der Waals surface area contributed by atoms with E-state index in [9.17, 15) is 4.79 Å². The second-order valence-electron chi connectivity index (χ2n) is 5.63. The summed E-state index contributed by atoms with van der Waals surface area (Å²) in [6.45, 7) is 0.723. The summed E-state index contributed by atoms with van der Waals surface area (Å²) in [7, 11) is 0. The maximum absolute atomic E-state index is 12.3. The van der Waals surface area contributed by atoms with Gasteiger partial charge in [-0.05, 0) is 22.8 Å². The molecule has 0 saturated heterocycles. The number of hydrogen-bond acceptors (Lipinski definition) is 2. The van der Waals surface area contributed by atoms with E-state index in [1.165, 1.54) is 0 Å². The van der Waals surface area contributed by atoms with Gasteiger partial charge in [0.25, 0.3) is 5.91 Å². The molecule has 2 heterocycles. The summed E-state index contributed by atoms with van der Waals surface area (Å²) < 4.78 is 0. The summed E-state index contributed by atoms with van der Waals surface area (Å²) in [6.07, 6.45) is 6.15. The van der Waals surface area contributed by atoms with E-state index in [2.05, 4.69) is 23.1 Å². The summed E-state index contributed by atoms with van der Waals surface area (Å²) in [5.74, 6) is -0.398. The van der Waals surface area contributed by atoms with Crippen LogP contribution in [0.3, 0.4) is 0 Å². The minimum atomic E-state index is -0.398. The van der Waals surface area contributed by atoms with Gasteiger partial charge in [-0.3, -0.25) is 4.79 Å². The van der Waals surface area contributed by atoms with Crippen LogP contribution in [0.4, 0.5) is 0 Å². The molecule has 0 aliphatic carbocycles. The Hall–Kier alpha value is -3.07. The molecular weight excluding hydrogens is 284 g/mol. The topological polar surface area (TPSA) is 46.3 Å².